The number of fused-ring (bicyclic) bond motifs is 1. The van der Waals surface area contributed by atoms with Crippen molar-refractivity contribution in [3.8, 4) is 6.07 Å². The molecule has 1 amide bonds. The Morgan fingerprint density at radius 3 is 2.58 bits per heavy atom. The number of pyridine rings is 1. The largest absolute Gasteiger partial charge is 0.433 e. The molecule has 5 nitrogen and oxygen atoms in total. The van der Waals surface area contributed by atoms with E-state index in [2.05, 4.69) is 10.3 Å². The zero-order valence-electron chi connectivity index (χ0n) is 17.4. The lowest BCUT2D eigenvalue weighted by atomic mass is 9.77. The highest BCUT2D eigenvalue weighted by molar-refractivity contribution is 5.95. The van der Waals surface area contributed by atoms with E-state index < -0.39 is 23.6 Å². The number of benzene rings is 2. The van der Waals surface area contributed by atoms with Crippen molar-refractivity contribution in [3.63, 3.8) is 0 Å². The summed E-state index contributed by atoms with van der Waals surface area (Å²) in [5.74, 6) is -1.50. The molecule has 3 N–H and O–H groups in total. The van der Waals surface area contributed by atoms with Gasteiger partial charge in [0.2, 0.25) is 5.91 Å². The molecule has 2 aromatic carbocycles. The van der Waals surface area contributed by atoms with Crippen LogP contribution in [0.1, 0.15) is 58.8 Å². The van der Waals surface area contributed by atoms with Crippen LogP contribution in [0, 0.1) is 17.1 Å². The molecule has 1 fully saturated rings. The van der Waals surface area contributed by atoms with Crippen molar-refractivity contribution in [1.29, 1.82) is 5.26 Å². The van der Waals surface area contributed by atoms with Crippen LogP contribution in [0.4, 0.5) is 23.2 Å². The molecule has 0 radical (unpaired) electrons. The highest BCUT2D eigenvalue weighted by Crippen LogP contribution is 2.39. The number of carbonyl (C=O) groups excluding carboxylic acids is 1. The number of primary amides is 1. The van der Waals surface area contributed by atoms with Crippen molar-refractivity contribution in [2.24, 2.45) is 5.73 Å². The average molecular weight is 456 g/mol. The first-order chi connectivity index (χ1) is 15.7. The highest BCUT2D eigenvalue weighted by Gasteiger charge is 2.35. The van der Waals surface area contributed by atoms with Gasteiger partial charge in [0.05, 0.1) is 17.1 Å². The van der Waals surface area contributed by atoms with E-state index in [9.17, 15) is 22.4 Å². The molecule has 0 bridgehead atoms. The fraction of sp³-hybridized carbons (Fsp3) is 0.292. The molecule has 33 heavy (non-hydrogen) atoms. The zero-order chi connectivity index (χ0) is 23.8. The van der Waals surface area contributed by atoms with Crippen LogP contribution in [0.15, 0.2) is 42.5 Å². The molecule has 1 unspecified atom stereocenters. The summed E-state index contributed by atoms with van der Waals surface area (Å²) in [5, 5.41) is 12.6. The minimum absolute atomic E-state index is 0.0253. The number of halogens is 4. The topological polar surface area (TPSA) is 91.8 Å². The molecule has 4 rings (SSSR count). The summed E-state index contributed by atoms with van der Waals surface area (Å²) >= 11 is 0. The Morgan fingerprint density at radius 2 is 1.88 bits per heavy atom. The second-order valence-corrected chi connectivity index (χ2v) is 8.13. The summed E-state index contributed by atoms with van der Waals surface area (Å²) in [6.45, 7) is 0. The van der Waals surface area contributed by atoms with Gasteiger partial charge in [-0.25, -0.2) is 9.37 Å². The number of hydrogen-bond acceptors (Lipinski definition) is 4. The molecule has 2 atom stereocenters. The molecule has 9 heteroatoms. The van der Waals surface area contributed by atoms with Gasteiger partial charge < -0.3 is 11.1 Å². The summed E-state index contributed by atoms with van der Waals surface area (Å²) < 4.78 is 54.3. The fourth-order valence-corrected chi connectivity index (χ4v) is 4.50. The quantitative estimate of drug-likeness (QED) is 0.507. The molecule has 1 aromatic heterocycles. The summed E-state index contributed by atoms with van der Waals surface area (Å²) in [6.07, 6.45) is -1.67. The number of hydrogen-bond donors (Lipinski definition) is 2. The Balaban J connectivity index is 1.79. The number of nitrogens with zero attached hydrogens (tertiary/aromatic N) is 2. The van der Waals surface area contributed by atoms with E-state index in [-0.39, 0.29) is 34.1 Å². The monoisotopic (exact) mass is 456 g/mol. The maximum absolute atomic E-state index is 13.9. The van der Waals surface area contributed by atoms with E-state index in [1.807, 2.05) is 6.07 Å². The SMILES string of the molecule is N#Cc1ccc(C2CCCC[C@@H]2Nc2cc(C(F)(F)F)nc3ccc(F)cc23)c(C(N)=O)c1. The van der Waals surface area contributed by atoms with Crippen LogP contribution in [-0.2, 0) is 6.18 Å². The van der Waals surface area contributed by atoms with Crippen molar-refractivity contribution in [1.82, 2.24) is 4.98 Å². The third-order valence-electron chi connectivity index (χ3n) is 6.02. The Morgan fingerprint density at radius 1 is 1.12 bits per heavy atom. The third-order valence-corrected chi connectivity index (χ3v) is 6.02. The van der Waals surface area contributed by atoms with Gasteiger partial charge in [-0.2, -0.15) is 18.4 Å². The van der Waals surface area contributed by atoms with Gasteiger partial charge in [0.25, 0.3) is 0 Å². The molecule has 0 spiro atoms. The van der Waals surface area contributed by atoms with E-state index >= 15 is 0 Å². The molecule has 170 valence electrons. The van der Waals surface area contributed by atoms with Crippen LogP contribution >= 0.6 is 0 Å². The van der Waals surface area contributed by atoms with E-state index in [1.54, 1.807) is 12.1 Å². The number of anilines is 1. The lowest BCUT2D eigenvalue weighted by molar-refractivity contribution is -0.140. The number of carbonyl (C=O) groups is 1. The Hall–Kier alpha value is -3.67. The van der Waals surface area contributed by atoms with E-state index in [0.717, 1.165) is 31.0 Å². The third kappa shape index (κ3) is 4.60. The van der Waals surface area contributed by atoms with Gasteiger partial charge in [0, 0.05) is 28.6 Å². The van der Waals surface area contributed by atoms with Crippen LogP contribution in [0.3, 0.4) is 0 Å². The predicted octanol–water partition coefficient (Wildman–Crippen LogP) is 5.50. The number of nitrogens with one attached hydrogen (secondary N) is 1. The molecule has 0 saturated heterocycles. The number of alkyl halides is 3. The van der Waals surface area contributed by atoms with Crippen LogP contribution < -0.4 is 11.1 Å². The fourth-order valence-electron chi connectivity index (χ4n) is 4.50. The number of rotatable bonds is 4. The lowest BCUT2D eigenvalue weighted by Gasteiger charge is -2.34. The van der Waals surface area contributed by atoms with Gasteiger partial charge >= 0.3 is 6.18 Å². The summed E-state index contributed by atoms with van der Waals surface area (Å²) in [4.78, 5) is 15.7. The number of amides is 1. The van der Waals surface area contributed by atoms with Crippen molar-refractivity contribution < 1.29 is 22.4 Å². The van der Waals surface area contributed by atoms with Crippen LogP contribution in [0.2, 0.25) is 0 Å². The smallest absolute Gasteiger partial charge is 0.381 e. The van der Waals surface area contributed by atoms with Gasteiger partial charge in [-0.05, 0) is 54.8 Å². The van der Waals surface area contributed by atoms with Crippen molar-refractivity contribution in [2.45, 2.75) is 43.8 Å². The standard InChI is InChI=1S/C24H20F4N4O/c25-14-6-8-20-18(10-14)21(11-22(32-20)24(26,27)28)31-19-4-2-1-3-16(19)15-7-5-13(12-29)9-17(15)23(30)33/h5-11,16,19H,1-4H2,(H2,30,33)(H,31,32)/t16?,19-/m0/s1. The molecule has 1 aliphatic carbocycles. The molecule has 3 aromatic rings. The Labute approximate surface area is 187 Å². The van der Waals surface area contributed by atoms with Gasteiger partial charge in [0.15, 0.2) is 0 Å². The van der Waals surface area contributed by atoms with Crippen LogP contribution in [0.25, 0.3) is 10.9 Å². The predicted molar refractivity (Wildman–Crippen MR) is 115 cm³/mol. The lowest BCUT2D eigenvalue weighted by Crippen LogP contribution is -2.32. The van der Waals surface area contributed by atoms with Crippen molar-refractivity contribution in [2.75, 3.05) is 5.32 Å². The molecular formula is C24H20F4N4O. The first-order valence-electron chi connectivity index (χ1n) is 10.5. The maximum atomic E-state index is 13.9. The summed E-state index contributed by atoms with van der Waals surface area (Å²) in [7, 11) is 0. The minimum Gasteiger partial charge on any atom is -0.381 e. The van der Waals surface area contributed by atoms with Crippen LogP contribution in [-0.4, -0.2) is 16.9 Å². The zero-order valence-corrected chi connectivity index (χ0v) is 17.4. The maximum Gasteiger partial charge on any atom is 0.433 e. The van der Waals surface area contributed by atoms with Crippen molar-refractivity contribution >= 4 is 22.5 Å². The van der Waals surface area contributed by atoms with E-state index in [0.29, 0.717) is 24.0 Å². The molecular weight excluding hydrogens is 436 g/mol. The van der Waals surface area contributed by atoms with Crippen molar-refractivity contribution in [3.05, 3.63) is 70.7 Å². The molecule has 1 saturated carbocycles. The van der Waals surface area contributed by atoms with Gasteiger partial charge in [-0.1, -0.05) is 18.9 Å². The Kier molecular flexibility index (Phi) is 5.93. The average Bonchev–Trinajstić information content (AvgIpc) is 2.78. The second-order valence-electron chi connectivity index (χ2n) is 8.13. The number of nitriles is 1. The van der Waals surface area contributed by atoms with E-state index in [4.69, 9.17) is 11.0 Å². The van der Waals surface area contributed by atoms with Gasteiger partial charge in [-0.15, -0.1) is 0 Å². The summed E-state index contributed by atoms with van der Waals surface area (Å²) in [5.41, 5.74) is 5.78. The minimum atomic E-state index is -4.67. The number of aromatic nitrogens is 1. The molecule has 1 aliphatic rings. The first kappa shape index (κ1) is 22.5. The normalized spacial score (nSPS) is 18.6. The van der Waals surface area contributed by atoms with Gasteiger partial charge in [-0.3, -0.25) is 4.79 Å². The molecule has 0 aliphatic heterocycles. The van der Waals surface area contributed by atoms with Gasteiger partial charge in [0.1, 0.15) is 11.5 Å². The summed E-state index contributed by atoms with van der Waals surface area (Å²) in [6, 6.07) is 10.7. The number of nitrogens with two attached hydrogens (primary N) is 1. The molecule has 1 heterocycles. The Bertz CT molecular complexity index is 1270. The highest BCUT2D eigenvalue weighted by atomic mass is 19.4. The second kappa shape index (κ2) is 8.70. The first-order valence-corrected chi connectivity index (χ1v) is 10.5. The van der Waals surface area contributed by atoms with Crippen LogP contribution in [0.5, 0.6) is 0 Å². The van der Waals surface area contributed by atoms with E-state index in [1.165, 1.54) is 12.1 Å².